The number of likely N-dealkylation sites (tertiary alicyclic amines) is 1. The Morgan fingerprint density at radius 3 is 2.54 bits per heavy atom. The van der Waals surface area contributed by atoms with Gasteiger partial charge in [0.1, 0.15) is 0 Å². The fourth-order valence-corrected chi connectivity index (χ4v) is 5.86. The molecule has 196 valence electrons. The molecule has 2 aromatic carbocycles. The van der Waals surface area contributed by atoms with E-state index >= 15 is 0 Å². The van der Waals surface area contributed by atoms with Crippen molar-refractivity contribution < 1.29 is 14.3 Å². The zero-order valence-corrected chi connectivity index (χ0v) is 22.0. The summed E-state index contributed by atoms with van der Waals surface area (Å²) in [5.74, 6) is 0.282. The standard InChI is InChI=1S/C30H38N4O3/c1-3-37-29(36)23-11-13-25(14-12-23)34-27-19-22(20-33-16-5-4-6-17-33)10-15-26(27)31-30(34)32-28(35)24-9-7-8-21(2)18-24/h7-10,15,18-19,23,25H,3-6,11-14,16-17,20H2,1-2H3,(H,31,32,35)/t23-,25+. The molecule has 2 fully saturated rings. The third-order valence-electron chi connectivity index (χ3n) is 7.80. The number of hydrogen-bond acceptors (Lipinski definition) is 5. The highest BCUT2D eigenvalue weighted by Crippen LogP contribution is 2.37. The van der Waals surface area contributed by atoms with E-state index in [2.05, 4.69) is 33.0 Å². The van der Waals surface area contributed by atoms with E-state index in [1.54, 1.807) is 0 Å². The van der Waals surface area contributed by atoms with Crippen LogP contribution < -0.4 is 5.32 Å². The quantitative estimate of drug-likeness (QED) is 0.409. The second-order valence-corrected chi connectivity index (χ2v) is 10.5. The lowest BCUT2D eigenvalue weighted by Gasteiger charge is -2.30. The molecule has 2 heterocycles. The highest BCUT2D eigenvalue weighted by atomic mass is 16.5. The number of fused-ring (bicyclic) bond motifs is 1. The van der Waals surface area contributed by atoms with Gasteiger partial charge in [0.15, 0.2) is 0 Å². The average molecular weight is 503 g/mol. The first-order chi connectivity index (χ1) is 18.0. The molecule has 1 N–H and O–H groups in total. The van der Waals surface area contributed by atoms with Crippen LogP contribution in [0.5, 0.6) is 0 Å². The molecule has 1 saturated carbocycles. The minimum atomic E-state index is -0.158. The number of aryl methyl sites for hydroxylation is 1. The van der Waals surface area contributed by atoms with Crippen LogP contribution in [0, 0.1) is 12.8 Å². The van der Waals surface area contributed by atoms with Gasteiger partial charge < -0.3 is 9.30 Å². The van der Waals surface area contributed by atoms with Crippen LogP contribution in [0.4, 0.5) is 5.95 Å². The summed E-state index contributed by atoms with van der Waals surface area (Å²) in [5, 5.41) is 3.11. The molecule has 5 rings (SSSR count). The van der Waals surface area contributed by atoms with Gasteiger partial charge in [0.05, 0.1) is 23.6 Å². The number of esters is 1. The van der Waals surface area contributed by atoms with Crippen molar-refractivity contribution in [2.24, 2.45) is 5.92 Å². The van der Waals surface area contributed by atoms with E-state index in [0.717, 1.165) is 61.9 Å². The second kappa shape index (κ2) is 11.5. The van der Waals surface area contributed by atoms with Crippen molar-refractivity contribution in [2.45, 2.75) is 71.4 Å². The van der Waals surface area contributed by atoms with E-state index in [1.165, 1.54) is 24.8 Å². The molecule has 1 saturated heterocycles. The van der Waals surface area contributed by atoms with Crippen molar-refractivity contribution in [3.63, 3.8) is 0 Å². The summed E-state index contributed by atoms with van der Waals surface area (Å²) >= 11 is 0. The van der Waals surface area contributed by atoms with Crippen LogP contribution in [0.2, 0.25) is 0 Å². The molecule has 37 heavy (non-hydrogen) atoms. The van der Waals surface area contributed by atoms with Crippen molar-refractivity contribution >= 4 is 28.9 Å². The van der Waals surface area contributed by atoms with Gasteiger partial charge in [0.2, 0.25) is 5.95 Å². The molecule has 1 amide bonds. The minimum Gasteiger partial charge on any atom is -0.466 e. The van der Waals surface area contributed by atoms with Crippen LogP contribution >= 0.6 is 0 Å². The third kappa shape index (κ3) is 5.87. The molecule has 1 aliphatic carbocycles. The van der Waals surface area contributed by atoms with Gasteiger partial charge in [-0.15, -0.1) is 0 Å². The maximum atomic E-state index is 13.2. The van der Waals surface area contributed by atoms with E-state index < -0.39 is 0 Å². The number of amides is 1. The Bertz CT molecular complexity index is 1250. The van der Waals surface area contributed by atoms with Crippen LogP contribution in [0.3, 0.4) is 0 Å². The number of carbonyl (C=O) groups excluding carboxylic acids is 2. The molecule has 0 atom stereocenters. The van der Waals surface area contributed by atoms with Gasteiger partial charge in [0, 0.05) is 18.2 Å². The largest absolute Gasteiger partial charge is 0.466 e. The number of nitrogens with zero attached hydrogens (tertiary/aromatic N) is 3. The monoisotopic (exact) mass is 502 g/mol. The van der Waals surface area contributed by atoms with Crippen molar-refractivity contribution in [3.8, 4) is 0 Å². The lowest BCUT2D eigenvalue weighted by atomic mass is 9.86. The predicted octanol–water partition coefficient (Wildman–Crippen LogP) is 5.88. The summed E-state index contributed by atoms with van der Waals surface area (Å²) in [6, 6.07) is 14.3. The van der Waals surface area contributed by atoms with Crippen LogP contribution in [0.25, 0.3) is 11.0 Å². The molecule has 0 radical (unpaired) electrons. The van der Waals surface area contributed by atoms with E-state index in [-0.39, 0.29) is 23.8 Å². The molecule has 0 bridgehead atoms. The first kappa shape index (κ1) is 25.5. The molecule has 7 heteroatoms. The minimum absolute atomic E-state index is 0.0500. The summed E-state index contributed by atoms with van der Waals surface area (Å²) < 4.78 is 7.49. The number of carbonyl (C=O) groups is 2. The highest BCUT2D eigenvalue weighted by molar-refractivity contribution is 6.04. The number of aromatic nitrogens is 2. The number of piperidine rings is 1. The molecule has 3 aromatic rings. The number of anilines is 1. The van der Waals surface area contributed by atoms with Gasteiger partial charge in [-0.2, -0.15) is 0 Å². The molecule has 0 unspecified atom stereocenters. The third-order valence-corrected chi connectivity index (χ3v) is 7.80. The Labute approximate surface area is 219 Å². The number of benzene rings is 2. The second-order valence-electron chi connectivity index (χ2n) is 10.5. The lowest BCUT2D eigenvalue weighted by Crippen LogP contribution is -2.29. The first-order valence-corrected chi connectivity index (χ1v) is 13.8. The van der Waals surface area contributed by atoms with E-state index in [9.17, 15) is 9.59 Å². The Balaban J connectivity index is 1.44. The van der Waals surface area contributed by atoms with Gasteiger partial charge in [-0.25, -0.2) is 4.98 Å². The number of hydrogen-bond donors (Lipinski definition) is 1. The van der Waals surface area contributed by atoms with Crippen LogP contribution in [0.15, 0.2) is 42.5 Å². The van der Waals surface area contributed by atoms with Gasteiger partial charge in [-0.05, 0) is 95.3 Å². The number of imidazole rings is 1. The van der Waals surface area contributed by atoms with E-state index in [0.29, 0.717) is 18.1 Å². The average Bonchev–Trinajstić information content (AvgIpc) is 3.26. The normalized spacial score (nSPS) is 20.6. The Morgan fingerprint density at radius 2 is 1.81 bits per heavy atom. The van der Waals surface area contributed by atoms with Gasteiger partial charge in [-0.1, -0.05) is 30.2 Å². The predicted molar refractivity (Wildman–Crippen MR) is 146 cm³/mol. The molecular formula is C30H38N4O3. The topological polar surface area (TPSA) is 76.5 Å². The Hall–Kier alpha value is -3.19. The smallest absolute Gasteiger partial charge is 0.308 e. The fraction of sp³-hybridized carbons (Fsp3) is 0.500. The summed E-state index contributed by atoms with van der Waals surface area (Å²) in [6.45, 7) is 7.48. The number of ether oxygens (including phenoxy) is 1. The maximum absolute atomic E-state index is 13.2. The molecular weight excluding hydrogens is 464 g/mol. The number of rotatable bonds is 7. The van der Waals surface area contributed by atoms with E-state index in [1.807, 2.05) is 38.1 Å². The van der Waals surface area contributed by atoms with Crippen molar-refractivity contribution in [1.29, 1.82) is 0 Å². The Morgan fingerprint density at radius 1 is 1.03 bits per heavy atom. The van der Waals surface area contributed by atoms with Crippen LogP contribution in [-0.2, 0) is 16.1 Å². The summed E-state index contributed by atoms with van der Waals surface area (Å²) in [7, 11) is 0. The summed E-state index contributed by atoms with van der Waals surface area (Å²) in [6.07, 6.45) is 7.10. The summed E-state index contributed by atoms with van der Waals surface area (Å²) in [4.78, 5) is 32.9. The zero-order valence-electron chi connectivity index (χ0n) is 22.0. The van der Waals surface area contributed by atoms with Gasteiger partial charge in [0.25, 0.3) is 5.91 Å². The van der Waals surface area contributed by atoms with Gasteiger partial charge in [-0.3, -0.25) is 19.8 Å². The van der Waals surface area contributed by atoms with Crippen LogP contribution in [-0.4, -0.2) is 46.0 Å². The van der Waals surface area contributed by atoms with Gasteiger partial charge >= 0.3 is 5.97 Å². The lowest BCUT2D eigenvalue weighted by molar-refractivity contribution is -0.149. The highest BCUT2D eigenvalue weighted by Gasteiger charge is 2.30. The molecule has 1 aliphatic heterocycles. The van der Waals surface area contributed by atoms with Crippen molar-refractivity contribution in [3.05, 3.63) is 59.2 Å². The first-order valence-electron chi connectivity index (χ1n) is 13.8. The molecule has 2 aliphatic rings. The van der Waals surface area contributed by atoms with Crippen molar-refractivity contribution in [2.75, 3.05) is 25.0 Å². The fourth-order valence-electron chi connectivity index (χ4n) is 5.86. The Kier molecular flexibility index (Phi) is 7.89. The van der Waals surface area contributed by atoms with E-state index in [4.69, 9.17) is 9.72 Å². The molecule has 7 nitrogen and oxygen atoms in total. The van der Waals surface area contributed by atoms with Crippen molar-refractivity contribution in [1.82, 2.24) is 14.5 Å². The zero-order chi connectivity index (χ0) is 25.8. The molecule has 0 spiro atoms. The SMILES string of the molecule is CCOC(=O)[C@H]1CC[C@@H](n2c(NC(=O)c3cccc(C)c3)nc3ccc(CN4CCCCC4)cc32)CC1. The number of nitrogens with one attached hydrogen (secondary N) is 1. The van der Waals surface area contributed by atoms with Crippen LogP contribution in [0.1, 0.15) is 79.4 Å². The maximum Gasteiger partial charge on any atom is 0.308 e. The molecule has 1 aromatic heterocycles. The summed E-state index contributed by atoms with van der Waals surface area (Å²) in [5.41, 5.74) is 4.87.